The fourth-order valence-corrected chi connectivity index (χ4v) is 3.86. The highest BCUT2D eigenvalue weighted by molar-refractivity contribution is 8.01. The summed E-state index contributed by atoms with van der Waals surface area (Å²) in [6, 6.07) is 10.1. The third-order valence-electron chi connectivity index (χ3n) is 2.69. The van der Waals surface area contributed by atoms with Gasteiger partial charge in [-0.1, -0.05) is 23.9 Å². The van der Waals surface area contributed by atoms with E-state index < -0.39 is 0 Å². The molecule has 0 amide bonds. The number of fused-ring (bicyclic) bond motifs is 1. The van der Waals surface area contributed by atoms with Crippen LogP contribution in [0, 0.1) is 0 Å². The summed E-state index contributed by atoms with van der Waals surface area (Å²) in [6.45, 7) is 0.898. The molecule has 2 N–H and O–H groups in total. The second-order valence-corrected chi connectivity index (χ2v) is 6.53. The minimum absolute atomic E-state index is 0.582. The smallest absolute Gasteiger partial charge is 0.151 e. The number of nitrogens with two attached hydrogens (primary N) is 1. The zero-order chi connectivity index (χ0) is 13.1. The number of aryl methyl sites for hydroxylation is 1. The number of para-hydroxylation sites is 1. The minimum atomic E-state index is 0.582. The van der Waals surface area contributed by atoms with Crippen LogP contribution in [0.25, 0.3) is 10.2 Å². The number of hydrogen-bond acceptors (Lipinski definition) is 5. The van der Waals surface area contributed by atoms with Gasteiger partial charge in [-0.05, 0) is 24.6 Å². The summed E-state index contributed by atoms with van der Waals surface area (Å²) in [5, 5.41) is 4.16. The van der Waals surface area contributed by atoms with Crippen LogP contribution in [0.2, 0.25) is 0 Å². The number of nitrogens with zero attached hydrogens (tertiary/aromatic N) is 3. The molecule has 19 heavy (non-hydrogen) atoms. The average Bonchev–Trinajstić information content (AvgIpc) is 3.00. The molecule has 98 valence electrons. The predicted molar refractivity (Wildman–Crippen MR) is 81.6 cm³/mol. The average molecular weight is 290 g/mol. The van der Waals surface area contributed by atoms with E-state index in [0.717, 1.165) is 28.6 Å². The molecule has 0 aliphatic heterocycles. The van der Waals surface area contributed by atoms with Gasteiger partial charge in [-0.3, -0.25) is 4.68 Å². The van der Waals surface area contributed by atoms with Crippen LogP contribution >= 0.6 is 23.1 Å². The Balaban J connectivity index is 1.52. The first-order valence-electron chi connectivity index (χ1n) is 6.08. The molecular weight excluding hydrogens is 276 g/mol. The Hall–Kier alpha value is -1.53. The van der Waals surface area contributed by atoms with Gasteiger partial charge < -0.3 is 5.73 Å². The lowest BCUT2D eigenvalue weighted by molar-refractivity contribution is 0.608. The van der Waals surface area contributed by atoms with Crippen LogP contribution < -0.4 is 5.73 Å². The highest BCUT2D eigenvalue weighted by Crippen LogP contribution is 2.29. The van der Waals surface area contributed by atoms with E-state index >= 15 is 0 Å². The van der Waals surface area contributed by atoms with E-state index in [9.17, 15) is 0 Å². The number of benzene rings is 1. The lowest BCUT2D eigenvalue weighted by Crippen LogP contribution is -2.00. The van der Waals surface area contributed by atoms with Crippen molar-refractivity contribution in [3.63, 3.8) is 0 Å². The fraction of sp³-hybridized carbons (Fsp3) is 0.231. The van der Waals surface area contributed by atoms with Crippen molar-refractivity contribution in [2.75, 3.05) is 11.5 Å². The zero-order valence-electron chi connectivity index (χ0n) is 10.3. The van der Waals surface area contributed by atoms with E-state index in [4.69, 9.17) is 5.73 Å². The maximum Gasteiger partial charge on any atom is 0.151 e. The van der Waals surface area contributed by atoms with Gasteiger partial charge >= 0.3 is 0 Å². The molecular formula is C13H14N4S2. The van der Waals surface area contributed by atoms with Gasteiger partial charge in [0.2, 0.25) is 0 Å². The summed E-state index contributed by atoms with van der Waals surface area (Å²) >= 11 is 3.56. The van der Waals surface area contributed by atoms with Crippen molar-refractivity contribution >= 4 is 39.1 Å². The molecule has 0 aliphatic carbocycles. The Morgan fingerprint density at radius 3 is 2.95 bits per heavy atom. The molecule has 0 radical (unpaired) electrons. The molecule has 0 saturated heterocycles. The molecule has 0 fully saturated rings. The number of thiazole rings is 1. The molecule has 3 aromatic rings. The largest absolute Gasteiger partial charge is 0.382 e. The topological polar surface area (TPSA) is 56.7 Å². The predicted octanol–water partition coefficient (Wildman–Crippen LogP) is 3.26. The van der Waals surface area contributed by atoms with Gasteiger partial charge in [0, 0.05) is 18.5 Å². The van der Waals surface area contributed by atoms with Gasteiger partial charge in [0.1, 0.15) is 5.82 Å². The summed E-state index contributed by atoms with van der Waals surface area (Å²) in [5.41, 5.74) is 6.66. The molecule has 2 heterocycles. The van der Waals surface area contributed by atoms with Crippen molar-refractivity contribution in [2.24, 2.45) is 0 Å². The van der Waals surface area contributed by atoms with Gasteiger partial charge in [-0.2, -0.15) is 5.10 Å². The number of anilines is 1. The van der Waals surface area contributed by atoms with Crippen LogP contribution in [0.1, 0.15) is 6.42 Å². The van der Waals surface area contributed by atoms with E-state index in [1.54, 1.807) is 11.3 Å². The summed E-state index contributed by atoms with van der Waals surface area (Å²) in [5.74, 6) is 1.62. The van der Waals surface area contributed by atoms with Crippen molar-refractivity contribution in [1.82, 2.24) is 14.8 Å². The first kappa shape index (κ1) is 12.5. The molecule has 0 saturated carbocycles. The van der Waals surface area contributed by atoms with E-state index in [0.29, 0.717) is 5.82 Å². The van der Waals surface area contributed by atoms with Crippen molar-refractivity contribution in [1.29, 1.82) is 0 Å². The van der Waals surface area contributed by atoms with Gasteiger partial charge in [-0.25, -0.2) is 4.98 Å². The molecule has 1 aromatic carbocycles. The standard InChI is InChI=1S/C13H14N4S2/c14-12-6-8-17(16-12)7-3-9-18-13-15-10-4-1-2-5-11(10)19-13/h1-2,4-6,8H,3,7,9H2,(H2,14,16). The Labute approximate surface area is 119 Å². The highest BCUT2D eigenvalue weighted by atomic mass is 32.2. The Kier molecular flexibility index (Phi) is 3.70. The molecule has 0 aliphatic rings. The second-order valence-electron chi connectivity index (χ2n) is 4.15. The normalized spacial score (nSPS) is 11.2. The molecule has 0 spiro atoms. The number of rotatable bonds is 5. The van der Waals surface area contributed by atoms with E-state index in [-0.39, 0.29) is 0 Å². The molecule has 3 rings (SSSR count). The lowest BCUT2D eigenvalue weighted by Gasteiger charge is -1.99. The highest BCUT2D eigenvalue weighted by Gasteiger charge is 2.03. The third kappa shape index (κ3) is 3.08. The minimum Gasteiger partial charge on any atom is -0.382 e. The van der Waals surface area contributed by atoms with E-state index in [2.05, 4.69) is 28.3 Å². The fourth-order valence-electron chi connectivity index (χ4n) is 1.80. The maximum absolute atomic E-state index is 5.57. The first-order valence-corrected chi connectivity index (χ1v) is 7.89. The van der Waals surface area contributed by atoms with Crippen LogP contribution in [-0.2, 0) is 6.54 Å². The third-order valence-corrected chi connectivity index (χ3v) is 4.96. The monoisotopic (exact) mass is 290 g/mol. The lowest BCUT2D eigenvalue weighted by atomic mass is 10.3. The maximum atomic E-state index is 5.57. The van der Waals surface area contributed by atoms with Crippen molar-refractivity contribution in [2.45, 2.75) is 17.3 Å². The Morgan fingerprint density at radius 2 is 2.16 bits per heavy atom. The van der Waals surface area contributed by atoms with Gasteiger partial charge in [0.15, 0.2) is 4.34 Å². The molecule has 4 nitrogen and oxygen atoms in total. The van der Waals surface area contributed by atoms with E-state index in [1.807, 2.05) is 34.8 Å². The SMILES string of the molecule is Nc1ccn(CCCSc2nc3ccccc3s2)n1. The van der Waals surface area contributed by atoms with Crippen LogP contribution in [0.3, 0.4) is 0 Å². The molecule has 0 bridgehead atoms. The Morgan fingerprint density at radius 1 is 1.26 bits per heavy atom. The first-order chi connectivity index (χ1) is 9.31. The zero-order valence-corrected chi connectivity index (χ0v) is 12.0. The number of nitrogen functional groups attached to an aromatic ring is 1. The summed E-state index contributed by atoms with van der Waals surface area (Å²) in [6.07, 6.45) is 2.97. The van der Waals surface area contributed by atoms with Crippen molar-refractivity contribution in [3.8, 4) is 0 Å². The number of hydrogen-bond donors (Lipinski definition) is 1. The summed E-state index contributed by atoms with van der Waals surface area (Å²) in [7, 11) is 0. The molecule has 2 aromatic heterocycles. The number of thioether (sulfide) groups is 1. The van der Waals surface area contributed by atoms with Crippen LogP contribution in [0.5, 0.6) is 0 Å². The molecule has 0 unspecified atom stereocenters. The van der Waals surface area contributed by atoms with Gasteiger partial charge in [-0.15, -0.1) is 11.3 Å². The molecule has 6 heteroatoms. The quantitative estimate of drug-likeness (QED) is 0.579. The van der Waals surface area contributed by atoms with Crippen molar-refractivity contribution < 1.29 is 0 Å². The Bertz CT molecular complexity index is 641. The van der Waals surface area contributed by atoms with Gasteiger partial charge in [0.05, 0.1) is 10.2 Å². The van der Waals surface area contributed by atoms with Gasteiger partial charge in [0.25, 0.3) is 0 Å². The second kappa shape index (κ2) is 5.63. The number of aromatic nitrogens is 3. The molecule has 0 atom stereocenters. The van der Waals surface area contributed by atoms with Crippen LogP contribution in [-0.4, -0.2) is 20.5 Å². The van der Waals surface area contributed by atoms with Crippen LogP contribution in [0.4, 0.5) is 5.82 Å². The summed E-state index contributed by atoms with van der Waals surface area (Å²) < 4.78 is 4.28. The van der Waals surface area contributed by atoms with E-state index in [1.165, 1.54) is 4.70 Å². The summed E-state index contributed by atoms with van der Waals surface area (Å²) in [4.78, 5) is 4.60. The van der Waals surface area contributed by atoms with Crippen molar-refractivity contribution in [3.05, 3.63) is 36.5 Å². The van der Waals surface area contributed by atoms with Crippen LogP contribution in [0.15, 0.2) is 40.9 Å².